The molecule has 0 radical (unpaired) electrons. The first-order valence-electron chi connectivity index (χ1n) is 4.74. The lowest BCUT2D eigenvalue weighted by atomic mass is 9.84. The predicted molar refractivity (Wildman–Crippen MR) is 54.4 cm³/mol. The molecule has 0 aromatic carbocycles. The highest BCUT2D eigenvalue weighted by atomic mass is 16.3. The summed E-state index contributed by atoms with van der Waals surface area (Å²) >= 11 is 0. The van der Waals surface area contributed by atoms with E-state index in [1.54, 1.807) is 0 Å². The van der Waals surface area contributed by atoms with Crippen LogP contribution in [-0.2, 0) is 6.42 Å². The Kier molecular flexibility index (Phi) is 2.99. The van der Waals surface area contributed by atoms with Gasteiger partial charge in [0.15, 0.2) is 5.75 Å². The third-order valence-corrected chi connectivity index (χ3v) is 2.54. The average molecular weight is 196 g/mol. The van der Waals surface area contributed by atoms with Gasteiger partial charge >= 0.3 is 0 Å². The second kappa shape index (κ2) is 3.86. The zero-order valence-electron chi connectivity index (χ0n) is 8.83. The molecule has 3 nitrogen and oxygen atoms in total. The molecule has 0 aliphatic rings. The van der Waals surface area contributed by atoms with E-state index in [9.17, 15) is 4.79 Å². The molecule has 1 aromatic heterocycles. The van der Waals surface area contributed by atoms with E-state index in [-0.39, 0.29) is 16.6 Å². The van der Waals surface area contributed by atoms with Gasteiger partial charge in [0.2, 0.25) is 5.43 Å². The van der Waals surface area contributed by atoms with E-state index >= 15 is 0 Å². The van der Waals surface area contributed by atoms with E-state index in [0.717, 1.165) is 12.7 Å². The molecule has 3 heteroatoms. The lowest BCUT2D eigenvalue weighted by Gasteiger charge is -2.21. The highest BCUT2D eigenvalue weighted by Crippen LogP contribution is 2.24. The van der Waals surface area contributed by atoms with Crippen molar-refractivity contribution in [1.82, 2.24) is 0 Å². The molecule has 14 heavy (non-hydrogen) atoms. The summed E-state index contributed by atoms with van der Waals surface area (Å²) < 4.78 is 4.86. The Morgan fingerprint density at radius 3 is 2.64 bits per heavy atom. The zero-order chi connectivity index (χ0) is 10.8. The predicted octanol–water partition coefficient (Wildman–Crippen LogP) is 2.32. The Hall–Kier alpha value is -1.25. The maximum Gasteiger partial charge on any atom is 0.229 e. The first kappa shape index (κ1) is 10.8. The minimum absolute atomic E-state index is 0.0580. The SMILES string of the molecule is CCC(C)(C)Cc1cocc(O)c1=O. The van der Waals surface area contributed by atoms with Crippen LogP contribution >= 0.6 is 0 Å². The van der Waals surface area contributed by atoms with Gasteiger partial charge in [-0.3, -0.25) is 4.79 Å². The summed E-state index contributed by atoms with van der Waals surface area (Å²) in [5, 5.41) is 9.16. The van der Waals surface area contributed by atoms with Crippen LogP contribution in [0, 0.1) is 5.41 Å². The molecule has 0 aliphatic heterocycles. The topological polar surface area (TPSA) is 50.4 Å². The molecule has 0 atom stereocenters. The van der Waals surface area contributed by atoms with Crippen molar-refractivity contribution in [2.24, 2.45) is 5.41 Å². The van der Waals surface area contributed by atoms with Gasteiger partial charge in [-0.2, -0.15) is 0 Å². The molecule has 78 valence electrons. The van der Waals surface area contributed by atoms with E-state index in [0.29, 0.717) is 12.0 Å². The van der Waals surface area contributed by atoms with E-state index in [1.165, 1.54) is 6.26 Å². The number of aromatic hydroxyl groups is 1. The molecular formula is C11H16O3. The van der Waals surface area contributed by atoms with Crippen molar-refractivity contribution >= 4 is 0 Å². The van der Waals surface area contributed by atoms with Crippen molar-refractivity contribution in [2.45, 2.75) is 33.6 Å². The molecule has 0 fully saturated rings. The molecule has 1 aromatic rings. The van der Waals surface area contributed by atoms with Crippen molar-refractivity contribution in [1.29, 1.82) is 0 Å². The van der Waals surface area contributed by atoms with Crippen LogP contribution in [0.15, 0.2) is 21.7 Å². The van der Waals surface area contributed by atoms with Gasteiger partial charge in [0.1, 0.15) is 6.26 Å². The molecule has 0 aliphatic carbocycles. The molecule has 1 rings (SSSR count). The summed E-state index contributed by atoms with van der Waals surface area (Å²) in [5.41, 5.74) is 0.275. The molecular weight excluding hydrogens is 180 g/mol. The molecule has 1 N–H and O–H groups in total. The van der Waals surface area contributed by atoms with Crippen molar-refractivity contribution in [2.75, 3.05) is 0 Å². The van der Waals surface area contributed by atoms with Crippen LogP contribution in [0.2, 0.25) is 0 Å². The molecule has 0 bridgehead atoms. The Morgan fingerprint density at radius 1 is 1.43 bits per heavy atom. The van der Waals surface area contributed by atoms with Crippen LogP contribution in [-0.4, -0.2) is 5.11 Å². The third kappa shape index (κ3) is 2.37. The summed E-state index contributed by atoms with van der Waals surface area (Å²) in [5.74, 6) is -0.311. The van der Waals surface area contributed by atoms with Gasteiger partial charge in [0, 0.05) is 5.56 Å². The maximum absolute atomic E-state index is 11.5. The highest BCUT2D eigenvalue weighted by Gasteiger charge is 2.18. The fourth-order valence-corrected chi connectivity index (χ4v) is 1.21. The van der Waals surface area contributed by atoms with Crippen molar-refractivity contribution in [3.63, 3.8) is 0 Å². The Labute approximate surface area is 83.4 Å². The van der Waals surface area contributed by atoms with Crippen LogP contribution in [0.5, 0.6) is 5.75 Å². The minimum atomic E-state index is -0.322. The summed E-state index contributed by atoms with van der Waals surface area (Å²) in [7, 11) is 0. The number of hydrogen-bond donors (Lipinski definition) is 1. The van der Waals surface area contributed by atoms with Gasteiger partial charge < -0.3 is 9.52 Å². The van der Waals surface area contributed by atoms with Crippen LogP contribution < -0.4 is 5.43 Å². The standard InChI is InChI=1S/C11H16O3/c1-4-11(2,3)5-8-6-14-7-9(12)10(8)13/h6-7,12H,4-5H2,1-3H3. The van der Waals surface area contributed by atoms with E-state index in [1.807, 2.05) is 0 Å². The lowest BCUT2D eigenvalue weighted by Crippen LogP contribution is -2.19. The summed E-state index contributed by atoms with van der Waals surface area (Å²) in [4.78, 5) is 11.5. The molecule has 0 amide bonds. The summed E-state index contributed by atoms with van der Waals surface area (Å²) in [6, 6.07) is 0. The Balaban J connectivity index is 2.99. The second-order valence-electron chi connectivity index (χ2n) is 4.31. The van der Waals surface area contributed by atoms with Gasteiger partial charge in [-0.25, -0.2) is 0 Å². The fourth-order valence-electron chi connectivity index (χ4n) is 1.21. The van der Waals surface area contributed by atoms with Gasteiger partial charge in [0.05, 0.1) is 6.26 Å². The summed E-state index contributed by atoms with van der Waals surface area (Å²) in [6.07, 6.45) is 4.08. The van der Waals surface area contributed by atoms with Crippen molar-refractivity contribution < 1.29 is 9.52 Å². The molecule has 1 heterocycles. The van der Waals surface area contributed by atoms with E-state index < -0.39 is 0 Å². The monoisotopic (exact) mass is 196 g/mol. The third-order valence-electron chi connectivity index (χ3n) is 2.54. The lowest BCUT2D eigenvalue weighted by molar-refractivity contribution is 0.340. The van der Waals surface area contributed by atoms with Crippen LogP contribution in [0.4, 0.5) is 0 Å². The van der Waals surface area contributed by atoms with Crippen LogP contribution in [0.1, 0.15) is 32.8 Å². The summed E-state index contributed by atoms with van der Waals surface area (Å²) in [6.45, 7) is 6.23. The molecule has 0 saturated carbocycles. The quantitative estimate of drug-likeness (QED) is 0.807. The van der Waals surface area contributed by atoms with Gasteiger partial charge in [0.25, 0.3) is 0 Å². The van der Waals surface area contributed by atoms with Gasteiger partial charge in [-0.15, -0.1) is 0 Å². The Bertz CT molecular complexity index is 363. The molecule has 0 spiro atoms. The zero-order valence-corrected chi connectivity index (χ0v) is 8.83. The van der Waals surface area contributed by atoms with Crippen LogP contribution in [0.3, 0.4) is 0 Å². The molecule has 0 saturated heterocycles. The first-order valence-corrected chi connectivity index (χ1v) is 4.74. The second-order valence-corrected chi connectivity index (χ2v) is 4.31. The minimum Gasteiger partial charge on any atom is -0.502 e. The van der Waals surface area contributed by atoms with Gasteiger partial charge in [-0.05, 0) is 11.8 Å². The molecule has 0 unspecified atom stereocenters. The fraction of sp³-hybridized carbons (Fsp3) is 0.545. The maximum atomic E-state index is 11.5. The highest BCUT2D eigenvalue weighted by molar-refractivity contribution is 5.21. The normalized spacial score (nSPS) is 11.6. The smallest absolute Gasteiger partial charge is 0.229 e. The van der Waals surface area contributed by atoms with E-state index in [4.69, 9.17) is 9.52 Å². The first-order chi connectivity index (χ1) is 6.46. The van der Waals surface area contributed by atoms with Crippen LogP contribution in [0.25, 0.3) is 0 Å². The van der Waals surface area contributed by atoms with Gasteiger partial charge in [-0.1, -0.05) is 27.2 Å². The van der Waals surface area contributed by atoms with Crippen molar-refractivity contribution in [3.05, 3.63) is 28.3 Å². The van der Waals surface area contributed by atoms with E-state index in [2.05, 4.69) is 20.8 Å². The number of rotatable bonds is 3. The average Bonchev–Trinajstić information content (AvgIpc) is 2.13. The largest absolute Gasteiger partial charge is 0.502 e. The number of hydrogen-bond acceptors (Lipinski definition) is 3. The van der Waals surface area contributed by atoms with Crippen molar-refractivity contribution in [3.8, 4) is 5.75 Å². The Morgan fingerprint density at radius 2 is 2.07 bits per heavy atom.